The number of carbonyl (C=O) groups excluding carboxylic acids is 1. The largest absolute Gasteiger partial charge is 0.308 e. The lowest BCUT2D eigenvalue weighted by atomic mass is 10.1. The van der Waals surface area contributed by atoms with E-state index in [0.717, 1.165) is 11.3 Å². The van der Waals surface area contributed by atoms with Crippen molar-refractivity contribution in [2.24, 2.45) is 0 Å². The maximum Gasteiger partial charge on any atom is 0.270 e. The lowest BCUT2D eigenvalue weighted by molar-refractivity contribution is 0.0986. The predicted octanol–water partition coefficient (Wildman–Crippen LogP) is 2.67. The normalized spacial score (nSPS) is 10.7. The molecule has 0 atom stereocenters. The van der Waals surface area contributed by atoms with Gasteiger partial charge in [0.1, 0.15) is 11.2 Å². The van der Waals surface area contributed by atoms with Gasteiger partial charge in [-0.2, -0.15) is 0 Å². The van der Waals surface area contributed by atoms with E-state index in [1.165, 1.54) is 10.6 Å². The number of pyridine rings is 1. The first-order valence-corrected chi connectivity index (χ1v) is 7.47. The Labute approximate surface area is 133 Å². The molecule has 0 saturated carbocycles. The highest BCUT2D eigenvalue weighted by molar-refractivity contribution is 6.06. The number of amides is 1. The van der Waals surface area contributed by atoms with E-state index in [9.17, 15) is 9.59 Å². The Morgan fingerprint density at radius 2 is 1.91 bits per heavy atom. The fourth-order valence-corrected chi connectivity index (χ4v) is 2.61. The van der Waals surface area contributed by atoms with Crippen LogP contribution < -0.4 is 10.5 Å². The van der Waals surface area contributed by atoms with Crippen LogP contribution in [0.2, 0.25) is 0 Å². The third kappa shape index (κ3) is 2.61. The molecular formula is C18H17N3O2. The molecule has 0 spiro atoms. The van der Waals surface area contributed by atoms with Crippen LogP contribution in [-0.2, 0) is 0 Å². The van der Waals surface area contributed by atoms with Gasteiger partial charge in [0, 0.05) is 24.6 Å². The van der Waals surface area contributed by atoms with Gasteiger partial charge >= 0.3 is 0 Å². The number of benzene rings is 1. The smallest absolute Gasteiger partial charge is 0.270 e. The predicted molar refractivity (Wildman–Crippen MR) is 90.0 cm³/mol. The highest BCUT2D eigenvalue weighted by Crippen LogP contribution is 2.20. The summed E-state index contributed by atoms with van der Waals surface area (Å²) in [5.41, 5.74) is 2.02. The number of aryl methyl sites for hydroxylation is 1. The van der Waals surface area contributed by atoms with Gasteiger partial charge in [-0.25, -0.2) is 4.98 Å². The molecule has 116 valence electrons. The lowest BCUT2D eigenvalue weighted by Crippen LogP contribution is -2.36. The molecule has 3 rings (SSSR count). The summed E-state index contributed by atoms with van der Waals surface area (Å²) >= 11 is 0. The minimum Gasteiger partial charge on any atom is -0.308 e. The van der Waals surface area contributed by atoms with Crippen molar-refractivity contribution in [3.63, 3.8) is 0 Å². The van der Waals surface area contributed by atoms with Crippen LogP contribution in [-0.4, -0.2) is 21.8 Å². The first-order valence-electron chi connectivity index (χ1n) is 7.47. The van der Waals surface area contributed by atoms with E-state index in [1.54, 1.807) is 29.3 Å². The van der Waals surface area contributed by atoms with Crippen molar-refractivity contribution in [2.45, 2.75) is 13.8 Å². The van der Waals surface area contributed by atoms with Crippen molar-refractivity contribution in [2.75, 3.05) is 11.4 Å². The Hall–Kier alpha value is -2.95. The number of para-hydroxylation sites is 1. The van der Waals surface area contributed by atoms with Crippen molar-refractivity contribution in [1.29, 1.82) is 0 Å². The van der Waals surface area contributed by atoms with E-state index >= 15 is 0 Å². The summed E-state index contributed by atoms with van der Waals surface area (Å²) in [7, 11) is 0. The fraction of sp³-hybridized carbons (Fsp3) is 0.167. The zero-order valence-corrected chi connectivity index (χ0v) is 13.1. The molecule has 0 radical (unpaired) electrons. The number of rotatable bonds is 3. The molecule has 1 amide bonds. The van der Waals surface area contributed by atoms with Crippen molar-refractivity contribution in [1.82, 2.24) is 9.38 Å². The summed E-state index contributed by atoms with van der Waals surface area (Å²) in [5, 5.41) is 0. The molecule has 0 aliphatic heterocycles. The molecule has 5 heteroatoms. The van der Waals surface area contributed by atoms with Gasteiger partial charge in [-0.1, -0.05) is 24.3 Å². The average Bonchev–Trinajstić information content (AvgIpc) is 2.57. The maximum atomic E-state index is 12.9. The first kappa shape index (κ1) is 15.0. The first-order chi connectivity index (χ1) is 11.1. The zero-order chi connectivity index (χ0) is 16.4. The van der Waals surface area contributed by atoms with Crippen LogP contribution in [0.3, 0.4) is 0 Å². The molecular weight excluding hydrogens is 290 g/mol. The molecule has 0 saturated heterocycles. The second-order valence-electron chi connectivity index (χ2n) is 5.24. The topological polar surface area (TPSA) is 54.7 Å². The van der Waals surface area contributed by atoms with Crippen LogP contribution in [0.5, 0.6) is 0 Å². The Kier molecular flexibility index (Phi) is 3.93. The fourth-order valence-electron chi connectivity index (χ4n) is 2.61. The maximum absolute atomic E-state index is 12.9. The monoisotopic (exact) mass is 307 g/mol. The summed E-state index contributed by atoms with van der Waals surface area (Å²) < 4.78 is 1.39. The number of hydrogen-bond acceptors (Lipinski definition) is 3. The summed E-state index contributed by atoms with van der Waals surface area (Å²) in [6, 6.07) is 12.9. The van der Waals surface area contributed by atoms with Crippen LogP contribution in [0.25, 0.3) is 5.65 Å². The molecule has 3 aromatic rings. The third-order valence-electron chi connectivity index (χ3n) is 3.81. The van der Waals surface area contributed by atoms with Crippen LogP contribution >= 0.6 is 0 Å². The van der Waals surface area contributed by atoms with E-state index in [1.807, 2.05) is 38.1 Å². The Morgan fingerprint density at radius 1 is 1.17 bits per heavy atom. The number of fused-ring (bicyclic) bond motifs is 1. The molecule has 2 aromatic heterocycles. The third-order valence-corrected chi connectivity index (χ3v) is 3.81. The molecule has 0 N–H and O–H groups in total. The van der Waals surface area contributed by atoms with Crippen molar-refractivity contribution >= 4 is 17.2 Å². The van der Waals surface area contributed by atoms with Gasteiger partial charge < -0.3 is 4.90 Å². The van der Waals surface area contributed by atoms with Gasteiger partial charge in [0.15, 0.2) is 0 Å². The lowest BCUT2D eigenvalue weighted by Gasteiger charge is -2.22. The molecule has 1 aromatic carbocycles. The van der Waals surface area contributed by atoms with Gasteiger partial charge in [0.05, 0.1) is 0 Å². The quantitative estimate of drug-likeness (QED) is 0.747. The van der Waals surface area contributed by atoms with Gasteiger partial charge in [-0.05, 0) is 37.6 Å². The van der Waals surface area contributed by atoms with Crippen LogP contribution in [0, 0.1) is 6.92 Å². The molecule has 5 nitrogen and oxygen atoms in total. The van der Waals surface area contributed by atoms with E-state index in [0.29, 0.717) is 12.2 Å². The van der Waals surface area contributed by atoms with Crippen LogP contribution in [0.4, 0.5) is 5.69 Å². The van der Waals surface area contributed by atoms with Crippen LogP contribution in [0.15, 0.2) is 59.7 Å². The Bertz CT molecular complexity index is 931. The second kappa shape index (κ2) is 6.04. The highest BCUT2D eigenvalue weighted by atomic mass is 16.2. The summed E-state index contributed by atoms with van der Waals surface area (Å²) in [6.45, 7) is 4.30. The summed E-state index contributed by atoms with van der Waals surface area (Å²) in [6.07, 6.45) is 2.98. The van der Waals surface area contributed by atoms with E-state index < -0.39 is 0 Å². The average molecular weight is 307 g/mol. The number of hydrogen-bond donors (Lipinski definition) is 0. The number of anilines is 1. The molecule has 0 aliphatic carbocycles. The van der Waals surface area contributed by atoms with Crippen molar-refractivity contribution in [3.8, 4) is 0 Å². The Balaban J connectivity index is 2.11. The number of nitrogens with zero attached hydrogens (tertiary/aromatic N) is 3. The number of aromatic nitrogens is 2. The molecule has 0 fully saturated rings. The van der Waals surface area contributed by atoms with Gasteiger partial charge in [0.25, 0.3) is 11.5 Å². The van der Waals surface area contributed by atoms with Gasteiger partial charge in [-0.15, -0.1) is 0 Å². The van der Waals surface area contributed by atoms with Crippen molar-refractivity contribution in [3.05, 3.63) is 76.3 Å². The van der Waals surface area contributed by atoms with E-state index in [2.05, 4.69) is 4.98 Å². The minimum absolute atomic E-state index is 0.0683. The van der Waals surface area contributed by atoms with Gasteiger partial charge in [-0.3, -0.25) is 14.0 Å². The molecule has 23 heavy (non-hydrogen) atoms. The second-order valence-corrected chi connectivity index (χ2v) is 5.24. The molecule has 0 bridgehead atoms. The molecule has 2 heterocycles. The Morgan fingerprint density at radius 3 is 2.65 bits per heavy atom. The molecule has 0 unspecified atom stereocenters. The zero-order valence-electron chi connectivity index (χ0n) is 13.1. The van der Waals surface area contributed by atoms with Crippen molar-refractivity contribution < 1.29 is 4.79 Å². The standard InChI is InChI=1S/C18H17N3O2/c1-3-20(15-9-5-4-8-13(15)2)17(22)14-12-19-16-10-6-7-11-21(16)18(14)23/h4-12H,3H2,1-2H3. The summed E-state index contributed by atoms with van der Waals surface area (Å²) in [4.78, 5) is 31.3. The van der Waals surface area contributed by atoms with Crippen LogP contribution in [0.1, 0.15) is 22.8 Å². The number of carbonyl (C=O) groups is 1. The summed E-state index contributed by atoms with van der Waals surface area (Å²) in [5.74, 6) is -0.336. The van der Waals surface area contributed by atoms with E-state index in [-0.39, 0.29) is 17.0 Å². The minimum atomic E-state index is -0.354. The molecule has 0 aliphatic rings. The van der Waals surface area contributed by atoms with E-state index in [4.69, 9.17) is 0 Å². The highest BCUT2D eigenvalue weighted by Gasteiger charge is 2.21. The SMILES string of the molecule is CCN(C(=O)c1cnc2ccccn2c1=O)c1ccccc1C. The van der Waals surface area contributed by atoms with Gasteiger partial charge in [0.2, 0.25) is 0 Å².